The topological polar surface area (TPSA) is 35.0 Å². The molecule has 3 heteroatoms. The molecule has 0 saturated heterocycles. The van der Waals surface area contributed by atoms with E-state index >= 15 is 0 Å². The van der Waals surface area contributed by atoms with Gasteiger partial charge in [0.15, 0.2) is 0 Å². The van der Waals surface area contributed by atoms with Crippen LogP contribution in [-0.4, -0.2) is 9.97 Å². The fourth-order valence-corrected chi connectivity index (χ4v) is 11.8. The van der Waals surface area contributed by atoms with Gasteiger partial charge in [-0.1, -0.05) is 242 Å². The minimum atomic E-state index is 0.0838. The van der Waals surface area contributed by atoms with Crippen molar-refractivity contribution >= 4 is 0 Å². The molecule has 2 heterocycles. The molecule has 0 bridgehead atoms. The first-order valence-electron chi connectivity index (χ1n) is 28.8. The molecule has 2 fully saturated rings. The Balaban J connectivity index is 1.18. The lowest BCUT2D eigenvalue weighted by Gasteiger charge is -2.40. The molecule has 4 aromatic rings. The number of aromatic nitrogens is 2. The molecule has 0 spiro atoms. The Morgan fingerprint density at radius 2 is 0.731 bits per heavy atom. The summed E-state index contributed by atoms with van der Waals surface area (Å²) in [5.74, 6) is 2.82. The molecule has 368 valence electrons. The molecular formula is C64H96N2O. The lowest BCUT2D eigenvalue weighted by molar-refractivity contribution is -0.0907. The van der Waals surface area contributed by atoms with Crippen LogP contribution >= 0.6 is 0 Å². The van der Waals surface area contributed by atoms with Crippen molar-refractivity contribution in [2.75, 3.05) is 0 Å². The molecule has 3 nitrogen and oxygen atoms in total. The van der Waals surface area contributed by atoms with Crippen LogP contribution in [0.1, 0.15) is 255 Å². The zero-order chi connectivity index (χ0) is 46.7. The average molecular weight is 909 g/mol. The van der Waals surface area contributed by atoms with E-state index in [1.807, 2.05) is 0 Å². The molecule has 0 N–H and O–H groups in total. The number of ether oxygens (including phenoxy) is 1. The van der Waals surface area contributed by atoms with Gasteiger partial charge < -0.3 is 4.74 Å². The average Bonchev–Trinajstić information content (AvgIpc) is 3.37. The molecule has 2 saturated carbocycles. The predicted molar refractivity (Wildman–Crippen MR) is 288 cm³/mol. The maximum Gasteiger partial charge on any atom is 0.0861 e. The molecule has 0 aliphatic heterocycles. The summed E-state index contributed by atoms with van der Waals surface area (Å²) in [6.07, 6.45) is 46.9. The van der Waals surface area contributed by atoms with Crippen LogP contribution in [0.15, 0.2) is 85.2 Å². The van der Waals surface area contributed by atoms with E-state index in [1.54, 1.807) is 0 Å². The standard InChI is InChI=1S/C64H96N2O/c1-5-9-13-15-17-19-23-27-53-33-47-61(65-49-53)55-39-43-59(44-40-55)63(57-35-29-51(30-36-57)25-21-11-7-3)67-64(58-37-31-52(32-38-58)26-22-12-8-4)60-45-41-56(42-46-60)62-48-34-54(50-66-62)28-24-20-18-16-14-10-6-2/h33-34,39-52,57-58,63-64H,5-32,35-38H2,1-4H3. The summed E-state index contributed by atoms with van der Waals surface area (Å²) in [5.41, 5.74) is 10.00. The van der Waals surface area contributed by atoms with Gasteiger partial charge >= 0.3 is 0 Å². The minimum Gasteiger partial charge on any atom is -0.365 e. The van der Waals surface area contributed by atoms with Gasteiger partial charge in [-0.3, -0.25) is 9.97 Å². The number of hydrogen-bond donors (Lipinski definition) is 0. The van der Waals surface area contributed by atoms with Crippen molar-refractivity contribution in [3.8, 4) is 22.5 Å². The molecule has 2 aromatic carbocycles. The number of unbranched alkanes of at least 4 members (excludes halogenated alkanes) is 16. The Kier molecular flexibility index (Phi) is 24.6. The highest BCUT2D eigenvalue weighted by molar-refractivity contribution is 5.60. The Hall–Kier alpha value is -3.30. The number of benzene rings is 2. The van der Waals surface area contributed by atoms with Crippen LogP contribution in [0.5, 0.6) is 0 Å². The number of rotatable bonds is 32. The molecule has 6 rings (SSSR count). The SMILES string of the molecule is CCCCCCCCCc1ccc(-c2ccc(C(OC(c3ccc(-c4ccc(CCCCCCCCC)cn4)cc3)C3CCC(CCCCC)CC3)C3CCC(CCCCC)CC3)cc2)nc1. The second-order valence-electron chi connectivity index (χ2n) is 21.6. The first kappa shape index (κ1) is 53.1. The van der Waals surface area contributed by atoms with Crippen molar-refractivity contribution in [1.82, 2.24) is 9.97 Å². The molecule has 2 atom stereocenters. The van der Waals surface area contributed by atoms with E-state index in [2.05, 4.69) is 113 Å². The van der Waals surface area contributed by atoms with Crippen molar-refractivity contribution in [3.05, 3.63) is 107 Å². The highest BCUT2D eigenvalue weighted by Crippen LogP contribution is 2.47. The maximum absolute atomic E-state index is 7.81. The second-order valence-corrected chi connectivity index (χ2v) is 21.6. The smallest absolute Gasteiger partial charge is 0.0861 e. The van der Waals surface area contributed by atoms with Gasteiger partial charge in [-0.2, -0.15) is 0 Å². The van der Waals surface area contributed by atoms with E-state index < -0.39 is 0 Å². The quantitative estimate of drug-likeness (QED) is 0.0458. The number of nitrogens with zero attached hydrogens (tertiary/aromatic N) is 2. The van der Waals surface area contributed by atoms with Crippen LogP contribution in [-0.2, 0) is 17.6 Å². The van der Waals surface area contributed by atoms with Gasteiger partial charge in [0.05, 0.1) is 23.6 Å². The van der Waals surface area contributed by atoms with Gasteiger partial charge in [0.25, 0.3) is 0 Å². The van der Waals surface area contributed by atoms with Crippen LogP contribution in [0.3, 0.4) is 0 Å². The molecule has 67 heavy (non-hydrogen) atoms. The molecule has 2 aliphatic rings. The molecular weight excluding hydrogens is 813 g/mol. The second kappa shape index (κ2) is 31.0. The first-order chi connectivity index (χ1) is 33.1. The third-order valence-corrected chi connectivity index (χ3v) is 16.2. The van der Waals surface area contributed by atoms with Crippen LogP contribution in [0, 0.1) is 23.7 Å². The van der Waals surface area contributed by atoms with Crippen molar-refractivity contribution in [2.24, 2.45) is 23.7 Å². The van der Waals surface area contributed by atoms with Gasteiger partial charge in [-0.25, -0.2) is 0 Å². The zero-order valence-electron chi connectivity index (χ0n) is 43.5. The largest absolute Gasteiger partial charge is 0.365 e. The maximum atomic E-state index is 7.81. The molecule has 2 aromatic heterocycles. The van der Waals surface area contributed by atoms with Crippen LogP contribution in [0.2, 0.25) is 0 Å². The van der Waals surface area contributed by atoms with Crippen molar-refractivity contribution in [2.45, 2.75) is 245 Å². The molecule has 2 unspecified atom stereocenters. The van der Waals surface area contributed by atoms with E-state index in [1.165, 1.54) is 226 Å². The monoisotopic (exact) mass is 909 g/mol. The number of hydrogen-bond acceptors (Lipinski definition) is 3. The molecule has 0 amide bonds. The Morgan fingerprint density at radius 3 is 1.07 bits per heavy atom. The number of aryl methyl sites for hydroxylation is 2. The van der Waals surface area contributed by atoms with E-state index in [9.17, 15) is 0 Å². The molecule has 2 aliphatic carbocycles. The van der Waals surface area contributed by atoms with E-state index in [0.717, 1.165) is 36.1 Å². The van der Waals surface area contributed by atoms with Crippen LogP contribution in [0.25, 0.3) is 22.5 Å². The highest BCUT2D eigenvalue weighted by atomic mass is 16.5. The van der Waals surface area contributed by atoms with E-state index in [-0.39, 0.29) is 12.2 Å². The van der Waals surface area contributed by atoms with E-state index in [0.29, 0.717) is 11.8 Å². The minimum absolute atomic E-state index is 0.0838. The fraction of sp³-hybridized carbons (Fsp3) is 0.656. The summed E-state index contributed by atoms with van der Waals surface area (Å²) in [7, 11) is 0. The zero-order valence-corrected chi connectivity index (χ0v) is 43.5. The Labute approximate surface area is 411 Å². The number of pyridine rings is 2. The third kappa shape index (κ3) is 18.2. The van der Waals surface area contributed by atoms with Gasteiger partial charge in [-0.05, 0) is 109 Å². The van der Waals surface area contributed by atoms with Crippen molar-refractivity contribution in [1.29, 1.82) is 0 Å². The van der Waals surface area contributed by atoms with Crippen molar-refractivity contribution < 1.29 is 4.74 Å². The Bertz CT molecular complexity index is 1700. The van der Waals surface area contributed by atoms with E-state index in [4.69, 9.17) is 14.7 Å². The van der Waals surface area contributed by atoms with Gasteiger partial charge in [0.1, 0.15) is 0 Å². The summed E-state index contributed by atoms with van der Waals surface area (Å²) in [5, 5.41) is 0. The van der Waals surface area contributed by atoms with Crippen LogP contribution in [0.4, 0.5) is 0 Å². The first-order valence-corrected chi connectivity index (χ1v) is 28.8. The summed E-state index contributed by atoms with van der Waals surface area (Å²) >= 11 is 0. The lowest BCUT2D eigenvalue weighted by Crippen LogP contribution is -2.28. The summed E-state index contributed by atoms with van der Waals surface area (Å²) in [6, 6.07) is 28.0. The summed E-state index contributed by atoms with van der Waals surface area (Å²) in [6.45, 7) is 9.26. The van der Waals surface area contributed by atoms with Crippen LogP contribution < -0.4 is 0 Å². The Morgan fingerprint density at radius 1 is 0.388 bits per heavy atom. The van der Waals surface area contributed by atoms with Crippen molar-refractivity contribution in [3.63, 3.8) is 0 Å². The third-order valence-electron chi connectivity index (χ3n) is 16.2. The van der Waals surface area contributed by atoms with Gasteiger partial charge in [0.2, 0.25) is 0 Å². The fourth-order valence-electron chi connectivity index (χ4n) is 11.8. The van der Waals surface area contributed by atoms with Gasteiger partial charge in [-0.15, -0.1) is 0 Å². The molecule has 0 radical (unpaired) electrons. The van der Waals surface area contributed by atoms with Gasteiger partial charge in [0, 0.05) is 23.5 Å². The highest BCUT2D eigenvalue weighted by Gasteiger charge is 2.36. The predicted octanol–water partition coefficient (Wildman–Crippen LogP) is 20.0. The normalized spacial score (nSPS) is 19.6. The summed E-state index contributed by atoms with van der Waals surface area (Å²) in [4.78, 5) is 9.99. The summed E-state index contributed by atoms with van der Waals surface area (Å²) < 4.78 is 7.81. The lowest BCUT2D eigenvalue weighted by atomic mass is 9.74.